The summed E-state index contributed by atoms with van der Waals surface area (Å²) in [5, 5.41) is 0. The van der Waals surface area contributed by atoms with Crippen LogP contribution < -0.4 is 0 Å². The topological polar surface area (TPSA) is 0 Å². The summed E-state index contributed by atoms with van der Waals surface area (Å²) in [5.74, 6) is 0. The van der Waals surface area contributed by atoms with Crippen LogP contribution in [0.4, 0.5) is 0 Å². The van der Waals surface area contributed by atoms with E-state index in [0.717, 1.165) is 0 Å². The van der Waals surface area contributed by atoms with Crippen molar-refractivity contribution in [2.75, 3.05) is 0 Å². The van der Waals surface area contributed by atoms with Crippen LogP contribution in [0.5, 0.6) is 0 Å². The molecule has 2 radical (unpaired) electrons. The molecule has 0 saturated carbocycles. The molecule has 0 unspecified atom stereocenters. The van der Waals surface area contributed by atoms with E-state index < -0.39 is 0 Å². The van der Waals surface area contributed by atoms with Crippen LogP contribution in [0, 0.1) is 0 Å². The molecular formula is H7AuGaInSe. The van der Waals surface area contributed by atoms with Gasteiger partial charge in [0.2, 0.25) is 0 Å². The molecule has 0 atom stereocenters. The van der Waals surface area contributed by atoms with Crippen LogP contribution in [0.15, 0.2) is 0 Å². The summed E-state index contributed by atoms with van der Waals surface area (Å²) in [7, 11) is 0. The second-order valence-corrected chi connectivity index (χ2v) is 0. The van der Waals surface area contributed by atoms with Crippen LogP contribution in [0.3, 0.4) is 0 Å². The quantitative estimate of drug-likeness (QED) is 0.333. The predicted molar refractivity (Wildman–Crippen MR) is 27.0 cm³/mol. The van der Waals surface area contributed by atoms with Crippen molar-refractivity contribution >= 4 is 62.7 Å². The standard InChI is InChI=1S/Au.Ga.In.HSe.6H/h;;;1H;;;;;;. The Balaban J connectivity index is 0. The summed E-state index contributed by atoms with van der Waals surface area (Å²) in [5.41, 5.74) is 0. The van der Waals surface area contributed by atoms with Crippen molar-refractivity contribution in [3.63, 3.8) is 0 Å². The Labute approximate surface area is 83.7 Å². The van der Waals surface area contributed by atoms with Crippen molar-refractivity contribution in [2.45, 2.75) is 0 Å². The molecule has 0 amide bonds. The third-order valence-corrected chi connectivity index (χ3v) is 0. The second-order valence-electron chi connectivity index (χ2n) is 0. The summed E-state index contributed by atoms with van der Waals surface area (Å²) in [6.07, 6.45) is 0. The van der Waals surface area contributed by atoms with Crippen molar-refractivity contribution in [3.05, 3.63) is 0 Å². The molecule has 0 N–H and O–H groups in total. The molecule has 0 nitrogen and oxygen atoms in total. The molecule has 0 aliphatic rings. The normalized spacial score (nSPS) is 0. The monoisotopic (exact) mass is 468 g/mol. The van der Waals surface area contributed by atoms with Gasteiger partial charge in [0.15, 0.2) is 0 Å². The van der Waals surface area contributed by atoms with Gasteiger partial charge in [-0.3, -0.25) is 0 Å². The molecule has 0 aromatic heterocycles. The fraction of sp³-hybridized carbons (Fsp3) is 0. The first-order valence-corrected chi connectivity index (χ1v) is 0. The van der Waals surface area contributed by atoms with Gasteiger partial charge in [-0.15, -0.1) is 0 Å². The zero-order chi connectivity index (χ0) is 0. The van der Waals surface area contributed by atoms with Crippen LogP contribution in [0.25, 0.3) is 0 Å². The van der Waals surface area contributed by atoms with Gasteiger partial charge < -0.3 is 0 Å². The van der Waals surface area contributed by atoms with Crippen LogP contribution in [-0.2, 0) is 22.4 Å². The molecule has 0 bridgehead atoms. The van der Waals surface area contributed by atoms with Crippen molar-refractivity contribution in [2.24, 2.45) is 0 Å². The summed E-state index contributed by atoms with van der Waals surface area (Å²) in [4.78, 5) is 0. The first kappa shape index (κ1) is 29.4. The zero-order valence-electron chi connectivity index (χ0n) is 0.749. The number of hydrogen-bond acceptors (Lipinski definition) is 0. The van der Waals surface area contributed by atoms with Crippen molar-refractivity contribution in [1.82, 2.24) is 0 Å². The molecule has 0 aliphatic heterocycles. The average molecular weight is 468 g/mol. The molecule has 0 aliphatic carbocycles. The van der Waals surface area contributed by atoms with Gasteiger partial charge in [-0.2, -0.15) is 0 Å². The van der Waals surface area contributed by atoms with Crippen LogP contribution in [0.2, 0.25) is 0 Å². The zero-order valence-corrected chi connectivity index (χ0v) is 4.79. The first-order valence-electron chi connectivity index (χ1n) is 0. The van der Waals surface area contributed by atoms with E-state index in [9.17, 15) is 0 Å². The minimum atomic E-state index is 0. The van der Waals surface area contributed by atoms with E-state index in [4.69, 9.17) is 0 Å². The van der Waals surface area contributed by atoms with Gasteiger partial charge in [-0.1, -0.05) is 0 Å². The Hall–Kier alpha value is 2.77. The predicted octanol–water partition coefficient (Wildman–Crippen LogP) is -3.02. The Morgan fingerprint density at radius 3 is 1.00 bits per heavy atom. The Morgan fingerprint density at radius 1 is 1.00 bits per heavy atom. The third-order valence-electron chi connectivity index (χ3n) is 0. The molecule has 4 heavy (non-hydrogen) atoms. The summed E-state index contributed by atoms with van der Waals surface area (Å²) < 4.78 is 0. The Kier molecular flexibility index (Phi) is 126. The van der Waals surface area contributed by atoms with E-state index >= 15 is 0 Å². The fourth-order valence-corrected chi connectivity index (χ4v) is 0. The van der Waals surface area contributed by atoms with Gasteiger partial charge in [0, 0.05) is 22.4 Å². The average Bonchev–Trinajstić information content (AvgIpc) is 0. The minimum absolute atomic E-state index is 0. The summed E-state index contributed by atoms with van der Waals surface area (Å²) in [6, 6.07) is 0. The first-order chi connectivity index (χ1) is 0. The molecule has 0 saturated heterocycles. The summed E-state index contributed by atoms with van der Waals surface area (Å²) >= 11 is 0. The molecule has 0 aromatic rings. The maximum atomic E-state index is 0. The molecule has 0 rings (SSSR count). The van der Waals surface area contributed by atoms with Gasteiger partial charge in [-0.05, 0) is 0 Å². The van der Waals surface area contributed by atoms with E-state index in [1.54, 1.807) is 0 Å². The maximum absolute atomic E-state index is 0. The molecule has 0 spiro atoms. The van der Waals surface area contributed by atoms with E-state index in [0.29, 0.717) is 0 Å². The van der Waals surface area contributed by atoms with Gasteiger partial charge in [0.25, 0.3) is 0 Å². The van der Waals surface area contributed by atoms with Crippen molar-refractivity contribution < 1.29 is 22.4 Å². The van der Waals surface area contributed by atoms with Gasteiger partial charge in [0.1, 0.15) is 0 Å². The summed E-state index contributed by atoms with van der Waals surface area (Å²) in [6.45, 7) is 0. The van der Waals surface area contributed by atoms with Gasteiger partial charge in [-0.25, -0.2) is 0 Å². The van der Waals surface area contributed by atoms with Crippen LogP contribution in [0.1, 0.15) is 0 Å². The van der Waals surface area contributed by atoms with Crippen LogP contribution >= 0.6 is 0 Å². The molecule has 0 fully saturated rings. The molecule has 0 aromatic carbocycles. The Morgan fingerprint density at radius 2 is 1.00 bits per heavy atom. The number of hydrogen-bond donors (Lipinski definition) is 0. The Bertz CT molecular complexity index is 8.00. The van der Waals surface area contributed by atoms with E-state index in [-0.39, 0.29) is 85.1 Å². The van der Waals surface area contributed by atoms with Crippen molar-refractivity contribution in [1.29, 1.82) is 0 Å². The third kappa shape index (κ3) is 8.84. The molecular weight excluding hydrogens is 460 g/mol. The van der Waals surface area contributed by atoms with Crippen LogP contribution in [-0.4, -0.2) is 62.7 Å². The van der Waals surface area contributed by atoms with Crippen molar-refractivity contribution in [3.8, 4) is 0 Å². The second kappa shape index (κ2) is 17.1. The van der Waals surface area contributed by atoms with Gasteiger partial charge >= 0.3 is 62.7 Å². The fourth-order valence-electron chi connectivity index (χ4n) is 0. The van der Waals surface area contributed by atoms with E-state index in [2.05, 4.69) is 0 Å². The molecule has 4 heteroatoms. The van der Waals surface area contributed by atoms with E-state index in [1.165, 1.54) is 0 Å². The SMILES string of the molecule is [Au].[GaH3].[InH3].[SeH]. The number of rotatable bonds is 0. The van der Waals surface area contributed by atoms with E-state index in [1.807, 2.05) is 0 Å². The van der Waals surface area contributed by atoms with Gasteiger partial charge in [0.05, 0.1) is 0 Å². The molecule has 30 valence electrons. The molecule has 0 heterocycles.